The molecule has 0 atom stereocenters. The zero-order valence-corrected chi connectivity index (χ0v) is 20.5. The van der Waals surface area contributed by atoms with Gasteiger partial charge in [0.2, 0.25) is 0 Å². The summed E-state index contributed by atoms with van der Waals surface area (Å²) in [5, 5.41) is 8.86. The maximum absolute atomic E-state index is 11.9. The molecule has 7 heteroatoms. The third-order valence-electron chi connectivity index (χ3n) is 4.63. The van der Waals surface area contributed by atoms with Gasteiger partial charge in [0.25, 0.3) is 5.91 Å². The van der Waals surface area contributed by atoms with Crippen LogP contribution in [-0.4, -0.2) is 50.0 Å². The van der Waals surface area contributed by atoms with Crippen molar-refractivity contribution in [2.45, 2.75) is 6.92 Å². The van der Waals surface area contributed by atoms with E-state index in [2.05, 4.69) is 26.1 Å². The molecule has 0 bridgehead atoms. The van der Waals surface area contributed by atoms with Gasteiger partial charge in [-0.25, -0.2) is 0 Å². The molecular weight excluding hydrogens is 482 g/mol. The summed E-state index contributed by atoms with van der Waals surface area (Å²) in [6, 6.07) is 23.5. The smallest absolute Gasteiger partial charge is 0.259 e. The van der Waals surface area contributed by atoms with Gasteiger partial charge in [0, 0.05) is 25.2 Å². The largest absolute Gasteiger partial charge is 0.490 e. The Bertz CT molecular complexity index is 1090. The van der Waals surface area contributed by atoms with Crippen LogP contribution in [-0.2, 0) is 4.79 Å². The van der Waals surface area contributed by atoms with Crippen molar-refractivity contribution in [1.29, 1.82) is 0 Å². The summed E-state index contributed by atoms with van der Waals surface area (Å²) in [5.74, 6) is 0.857. The molecule has 0 spiro atoms. The van der Waals surface area contributed by atoms with E-state index in [1.54, 1.807) is 20.3 Å². The highest BCUT2D eigenvalue weighted by molar-refractivity contribution is 9.10. The Morgan fingerprint density at radius 3 is 2.12 bits per heavy atom. The number of halogens is 1. The van der Waals surface area contributed by atoms with Crippen LogP contribution in [0.2, 0.25) is 0 Å². The molecule has 0 heterocycles. The van der Waals surface area contributed by atoms with Crippen LogP contribution in [0.5, 0.6) is 11.5 Å². The van der Waals surface area contributed by atoms with Crippen molar-refractivity contribution < 1.29 is 14.3 Å². The lowest BCUT2D eigenvalue weighted by Gasteiger charge is -2.16. The van der Waals surface area contributed by atoms with E-state index in [-0.39, 0.29) is 12.5 Å². The van der Waals surface area contributed by atoms with Crippen LogP contribution in [0.3, 0.4) is 0 Å². The molecule has 1 amide bonds. The first kappa shape index (κ1) is 24.2. The SMILES string of the molecule is CCOc1cc(/C=N/N=C(c2ccccc2)c2ccccc2)cc(Br)c1OCC(=O)N(C)C. The molecule has 170 valence electrons. The fraction of sp³-hybridized carbons (Fsp3) is 0.192. The molecule has 6 nitrogen and oxygen atoms in total. The van der Waals surface area contributed by atoms with Gasteiger partial charge in [0.15, 0.2) is 18.1 Å². The molecule has 0 aliphatic rings. The van der Waals surface area contributed by atoms with Gasteiger partial charge in [-0.3, -0.25) is 4.79 Å². The van der Waals surface area contributed by atoms with Gasteiger partial charge in [-0.15, -0.1) is 5.10 Å². The van der Waals surface area contributed by atoms with Crippen LogP contribution < -0.4 is 9.47 Å². The van der Waals surface area contributed by atoms with E-state index in [0.29, 0.717) is 22.6 Å². The Morgan fingerprint density at radius 1 is 0.970 bits per heavy atom. The number of ether oxygens (including phenoxy) is 2. The molecule has 0 fully saturated rings. The lowest BCUT2D eigenvalue weighted by atomic mass is 10.0. The molecule has 3 aromatic carbocycles. The molecule has 0 saturated carbocycles. The summed E-state index contributed by atoms with van der Waals surface area (Å²) in [7, 11) is 3.37. The Balaban J connectivity index is 1.90. The van der Waals surface area contributed by atoms with Gasteiger partial charge >= 0.3 is 0 Å². The highest BCUT2D eigenvalue weighted by Gasteiger charge is 2.14. The fourth-order valence-corrected chi connectivity index (χ4v) is 3.53. The van der Waals surface area contributed by atoms with E-state index in [4.69, 9.17) is 9.47 Å². The summed E-state index contributed by atoms with van der Waals surface area (Å²) in [6.45, 7) is 2.26. The maximum atomic E-state index is 11.9. The Hall–Kier alpha value is -3.45. The summed E-state index contributed by atoms with van der Waals surface area (Å²) in [4.78, 5) is 13.4. The van der Waals surface area contributed by atoms with Crippen molar-refractivity contribution in [2.24, 2.45) is 10.2 Å². The van der Waals surface area contributed by atoms with Gasteiger partial charge in [-0.1, -0.05) is 60.7 Å². The van der Waals surface area contributed by atoms with Crippen LogP contribution in [0.15, 0.2) is 87.5 Å². The van der Waals surface area contributed by atoms with Crippen LogP contribution in [0, 0.1) is 0 Å². The molecule has 33 heavy (non-hydrogen) atoms. The molecule has 3 rings (SSSR count). The number of hydrogen-bond acceptors (Lipinski definition) is 5. The first-order valence-electron chi connectivity index (χ1n) is 10.5. The van der Waals surface area contributed by atoms with Crippen LogP contribution in [0.4, 0.5) is 0 Å². The van der Waals surface area contributed by atoms with Crippen molar-refractivity contribution in [3.8, 4) is 11.5 Å². The van der Waals surface area contributed by atoms with E-state index in [9.17, 15) is 4.79 Å². The van der Waals surface area contributed by atoms with Crippen molar-refractivity contribution in [3.63, 3.8) is 0 Å². The molecule has 0 radical (unpaired) electrons. The number of amides is 1. The first-order chi connectivity index (χ1) is 16.0. The number of carbonyl (C=O) groups excluding carboxylic acids is 1. The molecule has 3 aromatic rings. The average molecular weight is 508 g/mol. The molecule has 0 aromatic heterocycles. The highest BCUT2D eigenvalue weighted by atomic mass is 79.9. The van der Waals surface area contributed by atoms with Gasteiger partial charge in [-0.05, 0) is 40.5 Å². The van der Waals surface area contributed by atoms with Gasteiger partial charge in [-0.2, -0.15) is 5.10 Å². The zero-order chi connectivity index (χ0) is 23.6. The highest BCUT2D eigenvalue weighted by Crippen LogP contribution is 2.36. The fourth-order valence-electron chi connectivity index (χ4n) is 2.96. The monoisotopic (exact) mass is 507 g/mol. The molecule has 0 unspecified atom stereocenters. The molecule has 0 aliphatic heterocycles. The Labute approximate surface area is 202 Å². The molecule has 0 N–H and O–H groups in total. The van der Waals surface area contributed by atoms with Crippen molar-refractivity contribution >= 4 is 33.8 Å². The number of hydrogen-bond donors (Lipinski definition) is 0. The van der Waals surface area contributed by atoms with E-state index in [1.807, 2.05) is 79.7 Å². The van der Waals surface area contributed by atoms with E-state index < -0.39 is 0 Å². The summed E-state index contributed by atoms with van der Waals surface area (Å²) in [5.41, 5.74) is 3.51. The number of nitrogens with zero attached hydrogens (tertiary/aromatic N) is 3. The number of carbonyl (C=O) groups is 1. The standard InChI is InChI=1S/C26H26BrN3O3/c1-4-32-23-16-19(15-22(27)26(23)33-18-24(31)30(2)3)17-28-29-25(20-11-7-5-8-12-20)21-13-9-6-10-14-21/h5-17H,4,18H2,1-3H3/b28-17+. The second-order valence-electron chi connectivity index (χ2n) is 7.27. The Kier molecular flexibility index (Phi) is 8.78. The number of benzene rings is 3. The minimum atomic E-state index is -0.140. The van der Waals surface area contributed by atoms with Crippen molar-refractivity contribution in [1.82, 2.24) is 4.90 Å². The van der Waals surface area contributed by atoms with Gasteiger partial charge in [0.1, 0.15) is 5.71 Å². The third-order valence-corrected chi connectivity index (χ3v) is 5.22. The normalized spacial score (nSPS) is 10.7. The minimum Gasteiger partial charge on any atom is -0.490 e. The number of rotatable bonds is 9. The molecule has 0 saturated heterocycles. The summed E-state index contributed by atoms with van der Waals surface area (Å²) >= 11 is 3.52. The maximum Gasteiger partial charge on any atom is 0.259 e. The van der Waals surface area contributed by atoms with Crippen molar-refractivity contribution in [2.75, 3.05) is 27.3 Å². The van der Waals surface area contributed by atoms with Crippen LogP contribution >= 0.6 is 15.9 Å². The van der Waals surface area contributed by atoms with Crippen LogP contribution in [0.25, 0.3) is 0 Å². The van der Waals surface area contributed by atoms with E-state index in [0.717, 1.165) is 22.4 Å². The lowest BCUT2D eigenvalue weighted by Crippen LogP contribution is -2.27. The second kappa shape index (κ2) is 12.0. The van der Waals surface area contributed by atoms with Crippen LogP contribution in [0.1, 0.15) is 23.6 Å². The summed E-state index contributed by atoms with van der Waals surface area (Å²) in [6.07, 6.45) is 1.66. The van der Waals surface area contributed by atoms with E-state index in [1.165, 1.54) is 4.90 Å². The third kappa shape index (κ3) is 6.76. The summed E-state index contributed by atoms with van der Waals surface area (Å²) < 4.78 is 12.1. The quantitative estimate of drug-likeness (QED) is 0.295. The first-order valence-corrected chi connectivity index (χ1v) is 11.3. The van der Waals surface area contributed by atoms with E-state index >= 15 is 0 Å². The Morgan fingerprint density at radius 2 is 1.58 bits per heavy atom. The second-order valence-corrected chi connectivity index (χ2v) is 8.12. The predicted octanol–water partition coefficient (Wildman–Crippen LogP) is 5.19. The molecule has 0 aliphatic carbocycles. The number of likely N-dealkylation sites (N-methyl/N-ethyl adjacent to an activating group) is 1. The lowest BCUT2D eigenvalue weighted by molar-refractivity contribution is -0.130. The van der Waals surface area contributed by atoms with Crippen molar-refractivity contribution in [3.05, 3.63) is 94.0 Å². The topological polar surface area (TPSA) is 63.5 Å². The van der Waals surface area contributed by atoms with Gasteiger partial charge < -0.3 is 14.4 Å². The average Bonchev–Trinajstić information content (AvgIpc) is 2.82. The molecular formula is C26H26BrN3O3. The van der Waals surface area contributed by atoms with Gasteiger partial charge in [0.05, 0.1) is 17.3 Å². The zero-order valence-electron chi connectivity index (χ0n) is 18.9. The predicted molar refractivity (Wildman–Crippen MR) is 136 cm³/mol. The minimum absolute atomic E-state index is 0.0824.